The molecule has 4 rings (SSSR count). The SMILES string of the molecule is CC1=C(C(=O)OC(C)C)C(c2ccc(C)cc2)N2C(CC(=O)N3CC(C)OC(C)C3)=CSC2=N1. The van der Waals surface area contributed by atoms with E-state index in [-0.39, 0.29) is 36.6 Å². The fourth-order valence-corrected chi connectivity index (χ4v) is 5.58. The number of carbonyl (C=O) groups is 2. The molecule has 3 aliphatic heterocycles. The summed E-state index contributed by atoms with van der Waals surface area (Å²) in [5.41, 5.74) is 4.09. The van der Waals surface area contributed by atoms with Crippen LogP contribution in [0.3, 0.4) is 0 Å². The first-order valence-electron chi connectivity index (χ1n) is 11.8. The Kier molecular flexibility index (Phi) is 7.19. The summed E-state index contributed by atoms with van der Waals surface area (Å²) >= 11 is 1.49. The first-order chi connectivity index (χ1) is 16.1. The lowest BCUT2D eigenvalue weighted by Crippen LogP contribution is -2.48. The zero-order valence-corrected chi connectivity index (χ0v) is 21.5. The van der Waals surface area contributed by atoms with E-state index in [0.717, 1.165) is 22.0 Å². The van der Waals surface area contributed by atoms with Gasteiger partial charge in [0.25, 0.3) is 0 Å². The van der Waals surface area contributed by atoms with Gasteiger partial charge in [0.05, 0.1) is 42.0 Å². The number of rotatable bonds is 5. The molecule has 1 aromatic rings. The minimum Gasteiger partial charge on any atom is -0.459 e. The monoisotopic (exact) mass is 483 g/mol. The van der Waals surface area contributed by atoms with Crippen LogP contribution in [0.4, 0.5) is 0 Å². The number of allylic oxidation sites excluding steroid dienone is 1. The number of aryl methyl sites for hydroxylation is 1. The van der Waals surface area contributed by atoms with Crippen molar-refractivity contribution in [2.45, 2.75) is 72.3 Å². The molecule has 0 aromatic heterocycles. The second-order valence-corrected chi connectivity index (χ2v) is 10.3. The Hall–Kier alpha value is -2.58. The van der Waals surface area contributed by atoms with Gasteiger partial charge in [0, 0.05) is 18.8 Å². The molecule has 34 heavy (non-hydrogen) atoms. The summed E-state index contributed by atoms with van der Waals surface area (Å²) in [6, 6.07) is 7.74. The smallest absolute Gasteiger partial charge is 0.338 e. The maximum Gasteiger partial charge on any atom is 0.338 e. The largest absolute Gasteiger partial charge is 0.459 e. The van der Waals surface area contributed by atoms with Gasteiger partial charge in [0.15, 0.2) is 5.17 Å². The molecule has 7 nitrogen and oxygen atoms in total. The average Bonchev–Trinajstić information content (AvgIpc) is 3.14. The van der Waals surface area contributed by atoms with E-state index in [1.807, 2.05) is 81.0 Å². The van der Waals surface area contributed by atoms with Crippen LogP contribution in [0, 0.1) is 6.92 Å². The molecule has 1 aromatic carbocycles. The van der Waals surface area contributed by atoms with E-state index in [1.165, 1.54) is 11.8 Å². The minimum absolute atomic E-state index is 0.00930. The number of ether oxygens (including phenoxy) is 2. The molecule has 3 heterocycles. The Labute approximate surface area is 205 Å². The Balaban J connectivity index is 1.67. The number of carbonyl (C=O) groups excluding carboxylic acids is 2. The summed E-state index contributed by atoms with van der Waals surface area (Å²) < 4.78 is 11.4. The predicted molar refractivity (Wildman–Crippen MR) is 134 cm³/mol. The van der Waals surface area contributed by atoms with Gasteiger partial charge in [-0.25, -0.2) is 9.79 Å². The van der Waals surface area contributed by atoms with Gasteiger partial charge >= 0.3 is 5.97 Å². The van der Waals surface area contributed by atoms with E-state index in [2.05, 4.69) is 0 Å². The third-order valence-corrected chi connectivity index (χ3v) is 6.95. The van der Waals surface area contributed by atoms with E-state index in [0.29, 0.717) is 24.4 Å². The highest BCUT2D eigenvalue weighted by atomic mass is 32.2. The van der Waals surface area contributed by atoms with Crippen molar-refractivity contribution in [1.82, 2.24) is 9.80 Å². The second kappa shape index (κ2) is 9.96. The maximum atomic E-state index is 13.3. The van der Waals surface area contributed by atoms with Gasteiger partial charge in [-0.2, -0.15) is 0 Å². The van der Waals surface area contributed by atoms with E-state index < -0.39 is 6.04 Å². The summed E-state index contributed by atoms with van der Waals surface area (Å²) in [5, 5.41) is 2.76. The number of amidine groups is 1. The van der Waals surface area contributed by atoms with Crippen LogP contribution in [0.25, 0.3) is 0 Å². The molecule has 1 amide bonds. The molecule has 182 valence electrons. The number of hydrogen-bond donors (Lipinski definition) is 0. The van der Waals surface area contributed by atoms with Crippen LogP contribution in [0.5, 0.6) is 0 Å². The zero-order valence-electron chi connectivity index (χ0n) is 20.7. The quantitative estimate of drug-likeness (QED) is 0.573. The number of amides is 1. The van der Waals surface area contributed by atoms with Crippen LogP contribution < -0.4 is 0 Å². The lowest BCUT2D eigenvalue weighted by atomic mass is 9.93. The van der Waals surface area contributed by atoms with Crippen LogP contribution in [0.15, 0.2) is 51.6 Å². The lowest BCUT2D eigenvalue weighted by molar-refractivity contribution is -0.143. The summed E-state index contributed by atoms with van der Waals surface area (Å²) in [7, 11) is 0. The van der Waals surface area contributed by atoms with Crippen LogP contribution in [0.2, 0.25) is 0 Å². The molecule has 0 bridgehead atoms. The van der Waals surface area contributed by atoms with Crippen LogP contribution in [0.1, 0.15) is 58.2 Å². The molecule has 0 aliphatic carbocycles. The Bertz CT molecular complexity index is 1050. The predicted octanol–water partition coefficient (Wildman–Crippen LogP) is 4.55. The molecule has 0 spiro atoms. The lowest BCUT2D eigenvalue weighted by Gasteiger charge is -2.38. The number of fused-ring (bicyclic) bond motifs is 1. The zero-order chi connectivity index (χ0) is 24.6. The first-order valence-corrected chi connectivity index (χ1v) is 12.7. The normalized spacial score (nSPS) is 24.7. The van der Waals surface area contributed by atoms with Gasteiger partial charge in [-0.05, 0) is 52.5 Å². The number of benzene rings is 1. The molecule has 8 heteroatoms. The van der Waals surface area contributed by atoms with Crippen molar-refractivity contribution in [3.8, 4) is 0 Å². The van der Waals surface area contributed by atoms with Crippen LogP contribution in [-0.2, 0) is 19.1 Å². The summed E-state index contributed by atoms with van der Waals surface area (Å²) in [6.45, 7) is 12.7. The van der Waals surface area contributed by atoms with Crippen LogP contribution in [-0.4, -0.2) is 58.2 Å². The molecule has 0 radical (unpaired) electrons. The fraction of sp³-hybridized carbons (Fsp3) is 0.500. The summed E-state index contributed by atoms with van der Waals surface area (Å²) in [4.78, 5) is 35.1. The van der Waals surface area contributed by atoms with Crippen molar-refractivity contribution in [3.05, 3.63) is 57.8 Å². The number of aliphatic imine (C=N–C) groups is 1. The Morgan fingerprint density at radius 2 is 1.79 bits per heavy atom. The minimum atomic E-state index is -0.407. The number of thioether (sulfide) groups is 1. The van der Waals surface area contributed by atoms with E-state index >= 15 is 0 Å². The highest BCUT2D eigenvalue weighted by molar-refractivity contribution is 8.16. The average molecular weight is 484 g/mol. The van der Waals surface area contributed by atoms with Gasteiger partial charge in [0.2, 0.25) is 5.91 Å². The van der Waals surface area contributed by atoms with Gasteiger partial charge in [-0.15, -0.1) is 0 Å². The fourth-order valence-electron chi connectivity index (χ4n) is 4.62. The summed E-state index contributed by atoms with van der Waals surface area (Å²) in [5.74, 6) is -0.324. The standard InChI is InChI=1S/C26H33N3O4S/c1-15(2)32-25(31)23-19(6)27-26-29(24(23)20-9-7-16(3)8-10-20)21(14-34-26)11-22(30)28-12-17(4)33-18(5)13-28/h7-10,14-15,17-18,24H,11-13H2,1-6H3. The number of hydrogen-bond acceptors (Lipinski definition) is 7. The van der Waals surface area contributed by atoms with Crippen molar-refractivity contribution in [3.63, 3.8) is 0 Å². The topological polar surface area (TPSA) is 71.4 Å². The van der Waals surface area contributed by atoms with Gasteiger partial charge in [-0.1, -0.05) is 41.6 Å². The van der Waals surface area contributed by atoms with Crippen molar-refractivity contribution in [2.75, 3.05) is 13.1 Å². The molecule has 1 saturated heterocycles. The third kappa shape index (κ3) is 5.08. The maximum absolute atomic E-state index is 13.3. The van der Waals surface area contributed by atoms with Crippen molar-refractivity contribution in [2.24, 2.45) is 4.99 Å². The molecular formula is C26H33N3O4S. The Morgan fingerprint density at radius 3 is 2.41 bits per heavy atom. The molecule has 3 unspecified atom stereocenters. The molecule has 0 N–H and O–H groups in total. The molecular weight excluding hydrogens is 450 g/mol. The van der Waals surface area contributed by atoms with E-state index in [4.69, 9.17) is 14.5 Å². The van der Waals surface area contributed by atoms with E-state index in [9.17, 15) is 9.59 Å². The molecule has 3 aliphatic rings. The van der Waals surface area contributed by atoms with Crippen molar-refractivity contribution < 1.29 is 19.1 Å². The molecule has 3 atom stereocenters. The number of nitrogens with zero attached hydrogens (tertiary/aromatic N) is 3. The van der Waals surface area contributed by atoms with Gasteiger partial charge in [0.1, 0.15) is 0 Å². The highest BCUT2D eigenvalue weighted by Crippen LogP contribution is 2.45. The molecule has 0 saturated carbocycles. The van der Waals surface area contributed by atoms with Gasteiger partial charge < -0.3 is 19.3 Å². The number of esters is 1. The number of morpholine rings is 1. The van der Waals surface area contributed by atoms with Crippen LogP contribution >= 0.6 is 11.8 Å². The summed E-state index contributed by atoms with van der Waals surface area (Å²) in [6.07, 6.45) is 0.0103. The van der Waals surface area contributed by atoms with Crippen molar-refractivity contribution in [1.29, 1.82) is 0 Å². The Morgan fingerprint density at radius 1 is 1.15 bits per heavy atom. The van der Waals surface area contributed by atoms with E-state index in [1.54, 1.807) is 0 Å². The third-order valence-electron chi connectivity index (χ3n) is 6.06. The van der Waals surface area contributed by atoms with Gasteiger partial charge in [-0.3, -0.25) is 4.79 Å². The molecule has 1 fully saturated rings. The van der Waals surface area contributed by atoms with Crippen molar-refractivity contribution >= 4 is 28.8 Å². The second-order valence-electron chi connectivity index (χ2n) is 9.49. The highest BCUT2D eigenvalue weighted by Gasteiger charge is 2.41. The first kappa shape index (κ1) is 24.5.